The molecule has 112 valence electrons. The lowest BCUT2D eigenvalue weighted by atomic mass is 10.3. The standard InChI is InChI=1S/C14H23BrN4O/c1-10(2)19-14(20)13(15)12(8-16-19)17-11(3)9-18-6-4-5-7-18/h8,10-11,17H,4-7,9H2,1-3H3. The van der Waals surface area contributed by atoms with Crippen molar-refractivity contribution in [3.05, 3.63) is 21.0 Å². The minimum absolute atomic E-state index is 0.0647. The predicted molar refractivity (Wildman–Crippen MR) is 85.3 cm³/mol. The zero-order valence-corrected chi connectivity index (χ0v) is 14.0. The highest BCUT2D eigenvalue weighted by Gasteiger charge is 2.16. The molecule has 1 aliphatic heterocycles. The molecular formula is C14H23BrN4O. The fourth-order valence-corrected chi connectivity index (χ4v) is 2.98. The maximum atomic E-state index is 12.2. The van der Waals surface area contributed by atoms with Crippen molar-refractivity contribution in [2.45, 2.75) is 45.7 Å². The molecule has 6 heteroatoms. The molecule has 1 unspecified atom stereocenters. The quantitative estimate of drug-likeness (QED) is 0.892. The SMILES string of the molecule is CC(CN1CCCC1)Nc1cnn(C(C)C)c(=O)c1Br. The van der Waals surface area contributed by atoms with E-state index in [1.807, 2.05) is 13.8 Å². The first kappa shape index (κ1) is 15.5. The van der Waals surface area contributed by atoms with Crippen molar-refractivity contribution in [1.82, 2.24) is 14.7 Å². The lowest BCUT2D eigenvalue weighted by Crippen LogP contribution is -2.34. The van der Waals surface area contributed by atoms with Crippen molar-refractivity contribution in [3.8, 4) is 0 Å². The Kier molecular flexibility index (Phi) is 5.21. The second-order valence-electron chi connectivity index (χ2n) is 5.77. The summed E-state index contributed by atoms with van der Waals surface area (Å²) >= 11 is 3.39. The van der Waals surface area contributed by atoms with E-state index in [1.54, 1.807) is 6.20 Å². The van der Waals surface area contributed by atoms with Crippen LogP contribution < -0.4 is 10.9 Å². The first-order chi connectivity index (χ1) is 9.49. The number of hydrogen-bond donors (Lipinski definition) is 1. The molecule has 1 N–H and O–H groups in total. The summed E-state index contributed by atoms with van der Waals surface area (Å²) in [6.07, 6.45) is 4.32. The summed E-state index contributed by atoms with van der Waals surface area (Å²) in [5, 5.41) is 7.60. The number of anilines is 1. The van der Waals surface area contributed by atoms with Crippen LogP contribution in [0.2, 0.25) is 0 Å². The van der Waals surface area contributed by atoms with Crippen LogP contribution in [0, 0.1) is 0 Å². The average molecular weight is 343 g/mol. The van der Waals surface area contributed by atoms with E-state index in [0.29, 0.717) is 10.5 Å². The molecule has 20 heavy (non-hydrogen) atoms. The summed E-state index contributed by atoms with van der Waals surface area (Å²) in [6.45, 7) is 9.40. The Morgan fingerprint density at radius 1 is 1.35 bits per heavy atom. The lowest BCUT2D eigenvalue weighted by Gasteiger charge is -2.22. The Labute approximate surface area is 128 Å². The molecular weight excluding hydrogens is 320 g/mol. The summed E-state index contributed by atoms with van der Waals surface area (Å²) in [5.41, 5.74) is 0.692. The topological polar surface area (TPSA) is 50.2 Å². The van der Waals surface area contributed by atoms with E-state index in [0.717, 1.165) is 12.2 Å². The van der Waals surface area contributed by atoms with E-state index in [4.69, 9.17) is 0 Å². The third kappa shape index (κ3) is 3.61. The van der Waals surface area contributed by atoms with Gasteiger partial charge in [0.05, 0.1) is 17.9 Å². The lowest BCUT2D eigenvalue weighted by molar-refractivity contribution is 0.327. The molecule has 2 rings (SSSR count). The summed E-state index contributed by atoms with van der Waals surface area (Å²) in [4.78, 5) is 14.6. The molecule has 1 saturated heterocycles. The summed E-state index contributed by atoms with van der Waals surface area (Å²) < 4.78 is 2.05. The minimum Gasteiger partial charge on any atom is -0.379 e. The highest BCUT2D eigenvalue weighted by atomic mass is 79.9. The minimum atomic E-state index is -0.0848. The monoisotopic (exact) mass is 342 g/mol. The Hall–Kier alpha value is -0.880. The maximum absolute atomic E-state index is 12.2. The van der Waals surface area contributed by atoms with Gasteiger partial charge in [-0.25, -0.2) is 4.68 Å². The van der Waals surface area contributed by atoms with Gasteiger partial charge in [-0.3, -0.25) is 4.79 Å². The van der Waals surface area contributed by atoms with Crippen LogP contribution in [0.4, 0.5) is 5.69 Å². The largest absolute Gasteiger partial charge is 0.379 e. The van der Waals surface area contributed by atoms with Crippen molar-refractivity contribution >= 4 is 21.6 Å². The molecule has 1 aromatic rings. The van der Waals surface area contributed by atoms with Gasteiger partial charge in [-0.15, -0.1) is 0 Å². The molecule has 1 atom stereocenters. The molecule has 0 bridgehead atoms. The van der Waals surface area contributed by atoms with E-state index in [9.17, 15) is 4.79 Å². The van der Waals surface area contributed by atoms with Crippen LogP contribution in [0.1, 0.15) is 39.7 Å². The molecule has 0 saturated carbocycles. The van der Waals surface area contributed by atoms with E-state index >= 15 is 0 Å². The van der Waals surface area contributed by atoms with Gasteiger partial charge >= 0.3 is 0 Å². The van der Waals surface area contributed by atoms with E-state index < -0.39 is 0 Å². The number of likely N-dealkylation sites (tertiary alicyclic amines) is 1. The summed E-state index contributed by atoms with van der Waals surface area (Å²) in [5.74, 6) is 0. The van der Waals surface area contributed by atoms with Crippen molar-refractivity contribution in [1.29, 1.82) is 0 Å². The molecule has 1 aromatic heterocycles. The van der Waals surface area contributed by atoms with Crippen LogP contribution in [-0.4, -0.2) is 40.4 Å². The number of nitrogens with one attached hydrogen (secondary N) is 1. The van der Waals surface area contributed by atoms with E-state index in [-0.39, 0.29) is 11.6 Å². The smallest absolute Gasteiger partial charge is 0.283 e. The fraction of sp³-hybridized carbons (Fsp3) is 0.714. The van der Waals surface area contributed by atoms with Gasteiger partial charge in [0.25, 0.3) is 5.56 Å². The van der Waals surface area contributed by atoms with Crippen LogP contribution in [0.3, 0.4) is 0 Å². The number of hydrogen-bond acceptors (Lipinski definition) is 4. The van der Waals surface area contributed by atoms with E-state index in [2.05, 4.69) is 38.2 Å². The van der Waals surface area contributed by atoms with Gasteiger partial charge in [0.15, 0.2) is 0 Å². The predicted octanol–water partition coefficient (Wildman–Crippen LogP) is 2.48. The molecule has 0 amide bonds. The Morgan fingerprint density at radius 3 is 2.60 bits per heavy atom. The number of halogens is 1. The third-order valence-corrected chi connectivity index (χ3v) is 4.33. The van der Waals surface area contributed by atoms with Crippen LogP contribution in [0.15, 0.2) is 15.5 Å². The van der Waals surface area contributed by atoms with Gasteiger partial charge in [-0.1, -0.05) is 0 Å². The van der Waals surface area contributed by atoms with Gasteiger partial charge in [0.1, 0.15) is 4.47 Å². The van der Waals surface area contributed by atoms with Gasteiger partial charge < -0.3 is 10.2 Å². The Balaban J connectivity index is 2.05. The second kappa shape index (κ2) is 6.72. The molecule has 0 radical (unpaired) electrons. The first-order valence-electron chi connectivity index (χ1n) is 7.25. The van der Waals surface area contributed by atoms with Crippen LogP contribution in [-0.2, 0) is 0 Å². The molecule has 1 aliphatic rings. The van der Waals surface area contributed by atoms with Crippen molar-refractivity contribution in [2.75, 3.05) is 25.0 Å². The number of aromatic nitrogens is 2. The number of nitrogens with zero attached hydrogens (tertiary/aromatic N) is 3. The van der Waals surface area contributed by atoms with Gasteiger partial charge in [-0.2, -0.15) is 5.10 Å². The Bertz CT molecular complexity index is 508. The van der Waals surface area contributed by atoms with Crippen molar-refractivity contribution in [2.24, 2.45) is 0 Å². The van der Waals surface area contributed by atoms with E-state index in [1.165, 1.54) is 30.6 Å². The first-order valence-corrected chi connectivity index (χ1v) is 8.04. The molecule has 0 aromatic carbocycles. The fourth-order valence-electron chi connectivity index (χ4n) is 2.58. The van der Waals surface area contributed by atoms with Crippen LogP contribution in [0.5, 0.6) is 0 Å². The van der Waals surface area contributed by atoms with Crippen LogP contribution >= 0.6 is 15.9 Å². The second-order valence-corrected chi connectivity index (χ2v) is 6.56. The van der Waals surface area contributed by atoms with Gasteiger partial charge in [0, 0.05) is 12.6 Å². The number of rotatable bonds is 5. The van der Waals surface area contributed by atoms with Crippen LogP contribution in [0.25, 0.3) is 0 Å². The summed E-state index contributed by atoms with van der Waals surface area (Å²) in [7, 11) is 0. The third-order valence-electron chi connectivity index (χ3n) is 3.57. The van der Waals surface area contributed by atoms with Crippen molar-refractivity contribution in [3.63, 3.8) is 0 Å². The molecule has 1 fully saturated rings. The maximum Gasteiger partial charge on any atom is 0.283 e. The highest BCUT2D eigenvalue weighted by Crippen LogP contribution is 2.19. The zero-order valence-electron chi connectivity index (χ0n) is 12.4. The molecule has 0 spiro atoms. The normalized spacial score (nSPS) is 17.6. The summed E-state index contributed by atoms with van der Waals surface area (Å²) in [6, 6.07) is 0.357. The molecule has 2 heterocycles. The Morgan fingerprint density at radius 2 is 2.00 bits per heavy atom. The van der Waals surface area contributed by atoms with Crippen molar-refractivity contribution < 1.29 is 0 Å². The average Bonchev–Trinajstić information content (AvgIpc) is 2.87. The highest BCUT2D eigenvalue weighted by molar-refractivity contribution is 9.10. The zero-order chi connectivity index (χ0) is 14.7. The van der Waals surface area contributed by atoms with Gasteiger partial charge in [-0.05, 0) is 62.6 Å². The molecule has 0 aliphatic carbocycles. The van der Waals surface area contributed by atoms with Gasteiger partial charge in [0.2, 0.25) is 0 Å². The molecule has 5 nitrogen and oxygen atoms in total.